The first kappa shape index (κ1) is 14.1. The highest BCUT2D eigenvalue weighted by Gasteiger charge is 2.20. The Balaban J connectivity index is 2.21. The summed E-state index contributed by atoms with van der Waals surface area (Å²) >= 11 is 1.42. The average Bonchev–Trinajstić information content (AvgIpc) is 2.42. The van der Waals surface area contributed by atoms with E-state index in [0.717, 1.165) is 12.8 Å². The number of carbonyl (C=O) groups excluding carboxylic acids is 1. The first-order valence-electron chi connectivity index (χ1n) is 6.03. The number of hydrogen-bond acceptors (Lipinski definition) is 5. The number of hydrogen-bond donors (Lipinski definition) is 1. The number of carbonyl (C=O) groups is 1. The summed E-state index contributed by atoms with van der Waals surface area (Å²) in [6.45, 7) is 1.39. The summed E-state index contributed by atoms with van der Waals surface area (Å²) in [6, 6.07) is 2.64. The van der Waals surface area contributed by atoms with E-state index in [1.165, 1.54) is 31.0 Å². The van der Waals surface area contributed by atoms with Crippen molar-refractivity contribution >= 4 is 23.4 Å². The molecule has 0 atom stereocenters. The number of rotatable bonds is 3. The van der Waals surface area contributed by atoms with Crippen LogP contribution in [0.15, 0.2) is 17.0 Å². The van der Waals surface area contributed by atoms with E-state index in [2.05, 4.69) is 4.74 Å². The number of esters is 1. The third kappa shape index (κ3) is 3.39. The normalized spacial score (nSPS) is 16.3. The molecule has 0 amide bonds. The zero-order valence-electron chi connectivity index (χ0n) is 10.6. The second-order valence-electron chi connectivity index (χ2n) is 4.29. The monoisotopic (exact) mass is 285 g/mol. The Hall–Kier alpha value is -1.27. The van der Waals surface area contributed by atoms with Crippen LogP contribution in [0.2, 0.25) is 0 Å². The number of nitrogens with two attached hydrogens (primary N) is 1. The molecule has 1 fully saturated rings. The van der Waals surface area contributed by atoms with Crippen LogP contribution in [0, 0.1) is 5.82 Å². The predicted molar refractivity (Wildman–Crippen MR) is 71.8 cm³/mol. The molecule has 0 spiro atoms. The van der Waals surface area contributed by atoms with E-state index >= 15 is 0 Å². The van der Waals surface area contributed by atoms with Crippen LogP contribution >= 0.6 is 11.8 Å². The number of methoxy groups -OCH3 is 1. The van der Waals surface area contributed by atoms with Crippen LogP contribution in [0.25, 0.3) is 0 Å². The van der Waals surface area contributed by atoms with Crippen LogP contribution in [0.1, 0.15) is 23.2 Å². The summed E-state index contributed by atoms with van der Waals surface area (Å²) < 4.78 is 23.8. The molecule has 1 aromatic rings. The number of halogens is 1. The second kappa shape index (κ2) is 6.25. The van der Waals surface area contributed by atoms with Crippen LogP contribution in [0.4, 0.5) is 10.1 Å². The molecule has 2 N–H and O–H groups in total. The Kier molecular flexibility index (Phi) is 4.66. The SMILES string of the molecule is COC(=O)c1cc(SC2CCOCC2)c(F)cc1N. The van der Waals surface area contributed by atoms with E-state index in [9.17, 15) is 9.18 Å². The van der Waals surface area contributed by atoms with Crippen molar-refractivity contribution in [3.05, 3.63) is 23.5 Å². The smallest absolute Gasteiger partial charge is 0.339 e. The summed E-state index contributed by atoms with van der Waals surface area (Å²) in [6.07, 6.45) is 1.75. The van der Waals surface area contributed by atoms with Crippen molar-refractivity contribution in [1.29, 1.82) is 0 Å². The molecule has 2 rings (SSSR count). The maximum Gasteiger partial charge on any atom is 0.339 e. The zero-order valence-corrected chi connectivity index (χ0v) is 11.5. The fraction of sp³-hybridized carbons (Fsp3) is 0.462. The van der Waals surface area contributed by atoms with E-state index in [1.807, 2.05) is 0 Å². The van der Waals surface area contributed by atoms with Gasteiger partial charge in [-0.25, -0.2) is 9.18 Å². The topological polar surface area (TPSA) is 61.5 Å². The van der Waals surface area contributed by atoms with Crippen molar-refractivity contribution < 1.29 is 18.7 Å². The molecule has 6 heteroatoms. The van der Waals surface area contributed by atoms with Gasteiger partial charge >= 0.3 is 5.97 Å². The quantitative estimate of drug-likeness (QED) is 0.683. The molecule has 0 aliphatic carbocycles. The number of thioether (sulfide) groups is 1. The van der Waals surface area contributed by atoms with E-state index < -0.39 is 11.8 Å². The van der Waals surface area contributed by atoms with Crippen LogP contribution in [0.3, 0.4) is 0 Å². The van der Waals surface area contributed by atoms with Crippen molar-refractivity contribution in [3.8, 4) is 0 Å². The standard InChI is InChI=1S/C13H16FNO3S/c1-17-13(16)9-6-12(10(14)7-11(9)15)19-8-2-4-18-5-3-8/h6-8H,2-5,15H2,1H3. The number of benzene rings is 1. The lowest BCUT2D eigenvalue weighted by Gasteiger charge is -2.22. The van der Waals surface area contributed by atoms with Gasteiger partial charge in [-0.05, 0) is 25.0 Å². The highest BCUT2D eigenvalue weighted by atomic mass is 32.2. The first-order chi connectivity index (χ1) is 9.11. The van der Waals surface area contributed by atoms with Gasteiger partial charge in [0.1, 0.15) is 5.82 Å². The summed E-state index contributed by atoms with van der Waals surface area (Å²) in [5.74, 6) is -0.951. The lowest BCUT2D eigenvalue weighted by molar-refractivity contribution is 0.0601. The minimum atomic E-state index is -0.550. The minimum absolute atomic E-state index is 0.0978. The van der Waals surface area contributed by atoms with Crippen LogP contribution in [-0.4, -0.2) is 31.5 Å². The van der Waals surface area contributed by atoms with Crippen molar-refractivity contribution in [2.24, 2.45) is 0 Å². The van der Waals surface area contributed by atoms with E-state index in [1.54, 1.807) is 0 Å². The molecule has 1 aliphatic heterocycles. The molecular formula is C13H16FNO3S. The molecule has 1 aliphatic rings. The van der Waals surface area contributed by atoms with Gasteiger partial charge in [0.15, 0.2) is 0 Å². The molecule has 0 bridgehead atoms. The maximum atomic E-state index is 13.9. The van der Waals surface area contributed by atoms with Crippen LogP contribution in [-0.2, 0) is 9.47 Å². The Morgan fingerprint density at radius 1 is 1.47 bits per heavy atom. The van der Waals surface area contributed by atoms with E-state index in [-0.39, 0.29) is 11.3 Å². The Bertz CT molecular complexity index is 475. The highest BCUT2D eigenvalue weighted by molar-refractivity contribution is 8.00. The number of ether oxygens (including phenoxy) is 2. The fourth-order valence-electron chi connectivity index (χ4n) is 1.92. The predicted octanol–water partition coefficient (Wildman–Crippen LogP) is 2.47. The first-order valence-corrected chi connectivity index (χ1v) is 6.91. The van der Waals surface area contributed by atoms with Gasteiger partial charge in [-0.1, -0.05) is 0 Å². The van der Waals surface area contributed by atoms with Gasteiger partial charge in [0.05, 0.1) is 12.7 Å². The van der Waals surface area contributed by atoms with Gasteiger partial charge in [-0.15, -0.1) is 11.8 Å². The third-order valence-corrected chi connectivity index (χ3v) is 4.34. The molecule has 0 saturated carbocycles. The Labute approximate surface area is 115 Å². The summed E-state index contributed by atoms with van der Waals surface area (Å²) in [5.41, 5.74) is 5.93. The summed E-state index contributed by atoms with van der Waals surface area (Å²) in [5, 5.41) is 0.303. The summed E-state index contributed by atoms with van der Waals surface area (Å²) in [7, 11) is 1.27. The highest BCUT2D eigenvalue weighted by Crippen LogP contribution is 2.33. The fourth-order valence-corrected chi connectivity index (χ4v) is 3.06. The lowest BCUT2D eigenvalue weighted by atomic mass is 10.2. The van der Waals surface area contributed by atoms with Crippen molar-refractivity contribution in [1.82, 2.24) is 0 Å². The van der Waals surface area contributed by atoms with E-state index in [0.29, 0.717) is 23.4 Å². The molecular weight excluding hydrogens is 269 g/mol. The maximum absolute atomic E-state index is 13.9. The molecule has 4 nitrogen and oxygen atoms in total. The van der Waals surface area contributed by atoms with E-state index in [4.69, 9.17) is 10.5 Å². The average molecular weight is 285 g/mol. The van der Waals surface area contributed by atoms with Gasteiger partial charge in [0.2, 0.25) is 0 Å². The van der Waals surface area contributed by atoms with Crippen molar-refractivity contribution in [2.45, 2.75) is 23.0 Å². The molecule has 0 radical (unpaired) electrons. The minimum Gasteiger partial charge on any atom is -0.465 e. The second-order valence-corrected chi connectivity index (χ2v) is 5.63. The van der Waals surface area contributed by atoms with Gasteiger partial charge in [-0.2, -0.15) is 0 Å². The number of nitrogen functional groups attached to an aromatic ring is 1. The van der Waals surface area contributed by atoms with Gasteiger partial charge < -0.3 is 15.2 Å². The van der Waals surface area contributed by atoms with Gasteiger partial charge in [0.25, 0.3) is 0 Å². The molecule has 1 aromatic carbocycles. The molecule has 0 unspecified atom stereocenters. The zero-order chi connectivity index (χ0) is 13.8. The lowest BCUT2D eigenvalue weighted by Crippen LogP contribution is -2.17. The largest absolute Gasteiger partial charge is 0.465 e. The molecule has 0 aromatic heterocycles. The molecule has 1 heterocycles. The van der Waals surface area contributed by atoms with Crippen molar-refractivity contribution in [2.75, 3.05) is 26.1 Å². The van der Waals surface area contributed by atoms with Crippen LogP contribution < -0.4 is 5.73 Å². The Morgan fingerprint density at radius 3 is 2.79 bits per heavy atom. The molecule has 19 heavy (non-hydrogen) atoms. The number of anilines is 1. The molecule has 104 valence electrons. The van der Waals surface area contributed by atoms with Crippen molar-refractivity contribution in [3.63, 3.8) is 0 Å². The van der Waals surface area contributed by atoms with Gasteiger partial charge in [0, 0.05) is 29.0 Å². The summed E-state index contributed by atoms with van der Waals surface area (Å²) in [4.78, 5) is 12.0. The third-order valence-electron chi connectivity index (χ3n) is 2.97. The van der Waals surface area contributed by atoms with Gasteiger partial charge in [-0.3, -0.25) is 0 Å². The molecule has 1 saturated heterocycles. The van der Waals surface area contributed by atoms with Crippen LogP contribution in [0.5, 0.6) is 0 Å². The Morgan fingerprint density at radius 2 is 2.16 bits per heavy atom.